The molecular weight excluding hydrogens is 192 g/mol. The van der Waals surface area contributed by atoms with E-state index >= 15 is 0 Å². The number of rotatable bonds is 7. The van der Waals surface area contributed by atoms with Gasteiger partial charge in [0, 0.05) is 18.6 Å². The molecule has 90 valence electrons. The molecule has 15 heavy (non-hydrogen) atoms. The molecule has 2 N–H and O–H groups in total. The third-order valence-corrected chi connectivity index (χ3v) is 2.39. The highest BCUT2D eigenvalue weighted by atomic mass is 16.4. The van der Waals surface area contributed by atoms with Crippen molar-refractivity contribution < 1.29 is 9.90 Å². The summed E-state index contributed by atoms with van der Waals surface area (Å²) in [5.41, 5.74) is 0. The average molecular weight is 216 g/mol. The summed E-state index contributed by atoms with van der Waals surface area (Å²) in [6.45, 7) is 11.6. The summed E-state index contributed by atoms with van der Waals surface area (Å²) in [5.74, 6) is -0.775. The summed E-state index contributed by atoms with van der Waals surface area (Å²) >= 11 is 0. The van der Waals surface area contributed by atoms with Gasteiger partial charge in [0.15, 0.2) is 0 Å². The minimum absolute atomic E-state index is 0.192. The maximum atomic E-state index is 11.0. The van der Waals surface area contributed by atoms with Gasteiger partial charge < -0.3 is 10.4 Å². The van der Waals surface area contributed by atoms with Gasteiger partial charge in [-0.25, -0.2) is 0 Å². The van der Waals surface area contributed by atoms with E-state index in [1.54, 1.807) is 0 Å². The van der Waals surface area contributed by atoms with Crippen molar-refractivity contribution in [3.05, 3.63) is 0 Å². The highest BCUT2D eigenvalue weighted by Crippen LogP contribution is 2.00. The Morgan fingerprint density at radius 1 is 1.33 bits per heavy atom. The number of hydrogen-bond acceptors (Lipinski definition) is 3. The molecule has 0 aliphatic heterocycles. The van der Waals surface area contributed by atoms with Gasteiger partial charge in [0.25, 0.3) is 0 Å². The van der Waals surface area contributed by atoms with E-state index in [9.17, 15) is 4.79 Å². The molecule has 1 atom stereocenters. The topological polar surface area (TPSA) is 52.6 Å². The zero-order chi connectivity index (χ0) is 12.0. The molecule has 4 heteroatoms. The Hall–Kier alpha value is -0.610. The van der Waals surface area contributed by atoms with Crippen molar-refractivity contribution in [2.45, 2.75) is 52.7 Å². The van der Waals surface area contributed by atoms with Crippen LogP contribution in [-0.4, -0.2) is 47.2 Å². The van der Waals surface area contributed by atoms with Crippen LogP contribution in [0.15, 0.2) is 0 Å². The number of likely N-dealkylation sites (N-methyl/N-ethyl adjacent to an activating group) is 1. The molecule has 0 heterocycles. The zero-order valence-corrected chi connectivity index (χ0v) is 10.4. The van der Waals surface area contributed by atoms with Crippen molar-refractivity contribution in [3.8, 4) is 0 Å². The molecule has 0 radical (unpaired) electrons. The lowest BCUT2D eigenvalue weighted by Crippen LogP contribution is -2.50. The van der Waals surface area contributed by atoms with E-state index in [0.29, 0.717) is 12.6 Å². The second kappa shape index (κ2) is 6.80. The first-order valence-corrected chi connectivity index (χ1v) is 5.61. The van der Waals surface area contributed by atoms with Gasteiger partial charge in [-0.05, 0) is 20.4 Å². The Kier molecular flexibility index (Phi) is 6.52. The first kappa shape index (κ1) is 14.4. The van der Waals surface area contributed by atoms with Gasteiger partial charge in [-0.2, -0.15) is 0 Å². The predicted octanol–water partition coefficient (Wildman–Crippen LogP) is 1.17. The number of nitrogens with one attached hydrogen (secondary N) is 1. The van der Waals surface area contributed by atoms with Crippen molar-refractivity contribution in [1.82, 2.24) is 10.2 Å². The van der Waals surface area contributed by atoms with Gasteiger partial charge in [-0.15, -0.1) is 0 Å². The molecule has 0 saturated heterocycles. The highest BCUT2D eigenvalue weighted by Gasteiger charge is 2.21. The van der Waals surface area contributed by atoms with Crippen molar-refractivity contribution in [2.75, 3.05) is 13.1 Å². The van der Waals surface area contributed by atoms with Crippen LogP contribution in [-0.2, 0) is 4.79 Å². The van der Waals surface area contributed by atoms with Gasteiger partial charge >= 0.3 is 5.97 Å². The maximum Gasteiger partial charge on any atom is 0.322 e. The fraction of sp³-hybridized carbons (Fsp3) is 0.909. The average Bonchev–Trinajstić information content (AvgIpc) is 2.10. The third kappa shape index (κ3) is 5.74. The summed E-state index contributed by atoms with van der Waals surface area (Å²) < 4.78 is 0. The van der Waals surface area contributed by atoms with Crippen LogP contribution in [0, 0.1) is 0 Å². The molecule has 0 spiro atoms. The minimum atomic E-state index is -0.775. The van der Waals surface area contributed by atoms with E-state index in [-0.39, 0.29) is 6.04 Å². The Labute approximate surface area is 92.7 Å². The molecule has 0 bridgehead atoms. The lowest BCUT2D eigenvalue weighted by molar-refractivity contribution is -0.140. The van der Waals surface area contributed by atoms with Crippen LogP contribution in [0.1, 0.15) is 34.6 Å². The Morgan fingerprint density at radius 3 is 2.13 bits per heavy atom. The normalized spacial score (nSPS) is 13.9. The van der Waals surface area contributed by atoms with Crippen LogP contribution >= 0.6 is 0 Å². The second-order valence-corrected chi connectivity index (χ2v) is 4.39. The largest absolute Gasteiger partial charge is 0.480 e. The van der Waals surface area contributed by atoms with Crippen molar-refractivity contribution in [3.63, 3.8) is 0 Å². The van der Waals surface area contributed by atoms with E-state index < -0.39 is 12.0 Å². The van der Waals surface area contributed by atoms with Crippen LogP contribution in [0.4, 0.5) is 0 Å². The third-order valence-electron chi connectivity index (χ3n) is 2.39. The SMILES string of the molecule is CCN(CC(NC(C)C)C(=O)O)C(C)C. The van der Waals surface area contributed by atoms with Gasteiger partial charge in [0.2, 0.25) is 0 Å². The summed E-state index contributed by atoms with van der Waals surface area (Å²) in [7, 11) is 0. The van der Waals surface area contributed by atoms with E-state index in [4.69, 9.17) is 5.11 Å². The number of aliphatic carboxylic acids is 1. The molecule has 0 aromatic carbocycles. The first-order valence-electron chi connectivity index (χ1n) is 5.61. The van der Waals surface area contributed by atoms with E-state index in [2.05, 4.69) is 24.1 Å². The Bertz CT molecular complexity index is 193. The number of hydrogen-bond donors (Lipinski definition) is 2. The summed E-state index contributed by atoms with van der Waals surface area (Å²) in [6.07, 6.45) is 0. The number of nitrogens with zero attached hydrogens (tertiary/aromatic N) is 1. The van der Waals surface area contributed by atoms with Gasteiger partial charge in [0.05, 0.1) is 0 Å². The van der Waals surface area contributed by atoms with E-state index in [0.717, 1.165) is 6.54 Å². The van der Waals surface area contributed by atoms with Gasteiger partial charge in [-0.1, -0.05) is 20.8 Å². The van der Waals surface area contributed by atoms with Crippen molar-refractivity contribution in [1.29, 1.82) is 0 Å². The molecule has 0 aliphatic rings. The lowest BCUT2D eigenvalue weighted by Gasteiger charge is -2.29. The molecule has 4 nitrogen and oxygen atoms in total. The highest BCUT2D eigenvalue weighted by molar-refractivity contribution is 5.73. The molecule has 0 rings (SSSR count). The number of carboxylic acids is 1. The standard InChI is InChI=1S/C11H24N2O2/c1-6-13(9(4)5)7-10(11(14)15)12-8(2)3/h8-10,12H,6-7H2,1-5H3,(H,14,15). The number of carbonyl (C=O) groups is 1. The lowest BCUT2D eigenvalue weighted by atomic mass is 10.2. The maximum absolute atomic E-state index is 11.0. The molecule has 0 aliphatic carbocycles. The molecular formula is C11H24N2O2. The summed E-state index contributed by atoms with van der Waals surface area (Å²) in [6, 6.07) is 0.0927. The van der Waals surface area contributed by atoms with Gasteiger partial charge in [0.1, 0.15) is 6.04 Å². The van der Waals surface area contributed by atoms with Gasteiger partial charge in [-0.3, -0.25) is 9.69 Å². The first-order chi connectivity index (χ1) is 6.88. The molecule has 0 aromatic heterocycles. The van der Waals surface area contributed by atoms with Crippen LogP contribution in [0.3, 0.4) is 0 Å². The second-order valence-electron chi connectivity index (χ2n) is 4.39. The molecule has 0 amide bonds. The smallest absolute Gasteiger partial charge is 0.322 e. The fourth-order valence-corrected chi connectivity index (χ4v) is 1.54. The number of carboxylic acid groups (broad SMARTS) is 1. The van der Waals surface area contributed by atoms with Crippen LogP contribution in [0.2, 0.25) is 0 Å². The minimum Gasteiger partial charge on any atom is -0.480 e. The fourth-order valence-electron chi connectivity index (χ4n) is 1.54. The van der Waals surface area contributed by atoms with E-state index in [1.165, 1.54) is 0 Å². The summed E-state index contributed by atoms with van der Waals surface area (Å²) in [5, 5.41) is 12.1. The monoisotopic (exact) mass is 216 g/mol. The molecule has 0 aromatic rings. The molecule has 1 unspecified atom stereocenters. The summed E-state index contributed by atoms with van der Waals surface area (Å²) in [4.78, 5) is 13.2. The van der Waals surface area contributed by atoms with Crippen LogP contribution in [0.25, 0.3) is 0 Å². The zero-order valence-electron chi connectivity index (χ0n) is 10.4. The molecule has 0 saturated carbocycles. The predicted molar refractivity (Wildman–Crippen MR) is 62.1 cm³/mol. The molecule has 0 fully saturated rings. The van der Waals surface area contributed by atoms with Crippen LogP contribution < -0.4 is 5.32 Å². The Morgan fingerprint density at radius 2 is 1.87 bits per heavy atom. The Balaban J connectivity index is 4.32. The van der Waals surface area contributed by atoms with Crippen LogP contribution in [0.5, 0.6) is 0 Å². The van der Waals surface area contributed by atoms with Crippen molar-refractivity contribution in [2.24, 2.45) is 0 Å². The van der Waals surface area contributed by atoms with E-state index in [1.807, 2.05) is 20.8 Å². The van der Waals surface area contributed by atoms with Crippen molar-refractivity contribution >= 4 is 5.97 Å². The quantitative estimate of drug-likeness (QED) is 0.670.